The summed E-state index contributed by atoms with van der Waals surface area (Å²) in [5.74, 6) is -2.10. The average Bonchev–Trinajstić information content (AvgIpc) is 3.31. The van der Waals surface area contributed by atoms with E-state index in [4.69, 9.17) is 23.2 Å². The molecule has 0 bridgehead atoms. The van der Waals surface area contributed by atoms with Crippen molar-refractivity contribution in [3.63, 3.8) is 0 Å². The number of carbonyl (C=O) groups excluding carboxylic acids is 2. The predicted molar refractivity (Wildman–Crippen MR) is 152 cm³/mol. The number of hydrogen-bond donors (Lipinski definition) is 4. The summed E-state index contributed by atoms with van der Waals surface area (Å²) in [6.07, 6.45) is 2.99. The molecular formula is C30H36Cl2FN3O3. The Bertz CT molecular complexity index is 1300. The van der Waals surface area contributed by atoms with Gasteiger partial charge in [-0.15, -0.1) is 0 Å². The fourth-order valence-electron chi connectivity index (χ4n) is 6.83. The first-order chi connectivity index (χ1) is 18.2. The molecule has 0 radical (unpaired) electrons. The predicted octanol–water partition coefficient (Wildman–Crippen LogP) is 5.69. The molecule has 210 valence electrons. The first-order valence-corrected chi connectivity index (χ1v) is 14.3. The molecular weight excluding hydrogens is 540 g/mol. The van der Waals surface area contributed by atoms with Gasteiger partial charge in [0.05, 0.1) is 16.7 Å². The van der Waals surface area contributed by atoms with E-state index in [9.17, 15) is 14.7 Å². The third-order valence-corrected chi connectivity index (χ3v) is 9.16. The summed E-state index contributed by atoms with van der Waals surface area (Å²) in [7, 11) is 0. The number of halogens is 3. The number of amides is 2. The molecule has 39 heavy (non-hydrogen) atoms. The summed E-state index contributed by atoms with van der Waals surface area (Å²) in [5.41, 5.74) is -0.762. The summed E-state index contributed by atoms with van der Waals surface area (Å²) in [6, 6.07) is 8.47. The molecule has 4 N–H and O–H groups in total. The van der Waals surface area contributed by atoms with Crippen LogP contribution in [0.15, 0.2) is 36.4 Å². The maximum Gasteiger partial charge on any atom is 0.238 e. The second-order valence-electron chi connectivity index (χ2n) is 12.9. The third kappa shape index (κ3) is 5.08. The van der Waals surface area contributed by atoms with Crippen LogP contribution in [0.2, 0.25) is 10.0 Å². The Morgan fingerprint density at radius 1 is 1.18 bits per heavy atom. The fourth-order valence-corrected chi connectivity index (χ4v) is 7.18. The van der Waals surface area contributed by atoms with Crippen LogP contribution in [0.25, 0.3) is 0 Å². The molecule has 2 aliphatic heterocycles. The minimum atomic E-state index is -1.28. The van der Waals surface area contributed by atoms with Crippen LogP contribution in [0.1, 0.15) is 76.8 Å². The molecule has 5 rings (SSSR count). The Morgan fingerprint density at radius 2 is 1.87 bits per heavy atom. The van der Waals surface area contributed by atoms with Crippen LogP contribution in [-0.4, -0.2) is 40.6 Å². The van der Waals surface area contributed by atoms with Gasteiger partial charge in [-0.1, -0.05) is 62.2 Å². The zero-order valence-electron chi connectivity index (χ0n) is 22.7. The average molecular weight is 577 g/mol. The molecule has 4 atom stereocenters. The van der Waals surface area contributed by atoms with Crippen molar-refractivity contribution in [3.05, 3.63) is 63.4 Å². The summed E-state index contributed by atoms with van der Waals surface area (Å²) >= 11 is 12.5. The Morgan fingerprint density at radius 3 is 2.54 bits per heavy atom. The first-order valence-electron chi connectivity index (χ1n) is 13.6. The van der Waals surface area contributed by atoms with Crippen molar-refractivity contribution in [1.82, 2.24) is 10.6 Å². The van der Waals surface area contributed by atoms with E-state index in [-0.39, 0.29) is 33.9 Å². The Hall–Kier alpha value is -2.19. The fraction of sp³-hybridized carbons (Fsp3) is 0.533. The molecule has 2 amide bonds. The molecule has 2 fully saturated rings. The number of rotatable bonds is 4. The van der Waals surface area contributed by atoms with Gasteiger partial charge in [0.2, 0.25) is 11.8 Å². The number of benzene rings is 2. The largest absolute Gasteiger partial charge is 0.390 e. The Labute approximate surface area is 239 Å². The van der Waals surface area contributed by atoms with Gasteiger partial charge in [-0.2, -0.15) is 0 Å². The van der Waals surface area contributed by atoms with Crippen LogP contribution >= 0.6 is 23.2 Å². The topological polar surface area (TPSA) is 90.5 Å². The maximum atomic E-state index is 15.8. The lowest BCUT2D eigenvalue weighted by molar-refractivity contribution is -0.125. The number of hydrogen-bond acceptors (Lipinski definition) is 4. The van der Waals surface area contributed by atoms with Crippen molar-refractivity contribution in [2.45, 2.75) is 94.9 Å². The Kier molecular flexibility index (Phi) is 7.28. The second kappa shape index (κ2) is 10.0. The molecule has 1 saturated carbocycles. The van der Waals surface area contributed by atoms with Gasteiger partial charge in [0.15, 0.2) is 0 Å². The zero-order valence-corrected chi connectivity index (χ0v) is 24.2. The molecule has 2 aromatic carbocycles. The number of aliphatic hydroxyl groups is 1. The molecule has 2 heterocycles. The highest BCUT2D eigenvalue weighted by atomic mass is 35.5. The zero-order chi connectivity index (χ0) is 28.3. The SMILES string of the molecule is CC(C)(C)C[C@@H]1N[C@@H](C(=O)NC2CCC(C)(O)CC2)C(c2cccc(Cl)c2F)[C@]12C(=O)Nc1cc(Cl)ccc12. The quantitative estimate of drug-likeness (QED) is 0.377. The second-order valence-corrected chi connectivity index (χ2v) is 13.7. The molecule has 6 nitrogen and oxygen atoms in total. The number of nitrogens with one attached hydrogen (secondary N) is 3. The van der Waals surface area contributed by atoms with Gasteiger partial charge in [0, 0.05) is 28.7 Å². The van der Waals surface area contributed by atoms with E-state index in [0.717, 1.165) is 0 Å². The van der Waals surface area contributed by atoms with Crippen molar-refractivity contribution < 1.29 is 19.1 Å². The summed E-state index contributed by atoms with van der Waals surface area (Å²) < 4.78 is 15.8. The maximum absolute atomic E-state index is 15.8. The molecule has 1 spiro atoms. The van der Waals surface area contributed by atoms with Crippen molar-refractivity contribution in [2.24, 2.45) is 5.41 Å². The highest BCUT2D eigenvalue weighted by molar-refractivity contribution is 6.31. The van der Waals surface area contributed by atoms with Gasteiger partial charge in [0.1, 0.15) is 11.2 Å². The molecule has 1 unspecified atom stereocenters. The number of anilines is 1. The minimum Gasteiger partial charge on any atom is -0.390 e. The van der Waals surface area contributed by atoms with Gasteiger partial charge in [-0.3, -0.25) is 9.59 Å². The van der Waals surface area contributed by atoms with Crippen LogP contribution in [0.3, 0.4) is 0 Å². The molecule has 2 aromatic rings. The van der Waals surface area contributed by atoms with Gasteiger partial charge in [-0.05, 0) is 73.8 Å². The van der Waals surface area contributed by atoms with Crippen molar-refractivity contribution in [1.29, 1.82) is 0 Å². The van der Waals surface area contributed by atoms with Crippen LogP contribution in [0.4, 0.5) is 10.1 Å². The molecule has 1 saturated heterocycles. The molecule has 9 heteroatoms. The minimum absolute atomic E-state index is 0.0645. The molecule has 3 aliphatic rings. The van der Waals surface area contributed by atoms with Gasteiger partial charge < -0.3 is 21.1 Å². The highest BCUT2D eigenvalue weighted by Crippen LogP contribution is 2.57. The number of carbonyl (C=O) groups is 2. The lowest BCUT2D eigenvalue weighted by Gasteiger charge is -2.38. The van der Waals surface area contributed by atoms with E-state index in [1.807, 2.05) is 13.0 Å². The third-order valence-electron chi connectivity index (χ3n) is 8.63. The van der Waals surface area contributed by atoms with Gasteiger partial charge in [0.25, 0.3) is 0 Å². The smallest absolute Gasteiger partial charge is 0.238 e. The van der Waals surface area contributed by atoms with E-state index in [0.29, 0.717) is 48.4 Å². The molecule has 1 aliphatic carbocycles. The van der Waals surface area contributed by atoms with Gasteiger partial charge >= 0.3 is 0 Å². The highest BCUT2D eigenvalue weighted by Gasteiger charge is 2.66. The summed E-state index contributed by atoms with van der Waals surface area (Å²) in [6.45, 7) is 8.04. The van der Waals surface area contributed by atoms with Crippen molar-refractivity contribution in [3.8, 4) is 0 Å². The number of fused-ring (bicyclic) bond motifs is 2. The van der Waals surface area contributed by atoms with Crippen molar-refractivity contribution in [2.75, 3.05) is 5.32 Å². The monoisotopic (exact) mass is 575 g/mol. The van der Waals surface area contributed by atoms with Crippen LogP contribution in [-0.2, 0) is 15.0 Å². The van der Waals surface area contributed by atoms with Crippen LogP contribution in [0, 0.1) is 11.2 Å². The summed E-state index contributed by atoms with van der Waals surface area (Å²) in [4.78, 5) is 28.2. The lowest BCUT2D eigenvalue weighted by Crippen LogP contribution is -2.50. The van der Waals surface area contributed by atoms with E-state index >= 15 is 4.39 Å². The van der Waals surface area contributed by atoms with E-state index < -0.39 is 34.8 Å². The van der Waals surface area contributed by atoms with Crippen LogP contribution < -0.4 is 16.0 Å². The lowest BCUT2D eigenvalue weighted by atomic mass is 9.62. The Balaban J connectivity index is 1.65. The van der Waals surface area contributed by atoms with Gasteiger partial charge in [-0.25, -0.2) is 4.39 Å². The normalized spacial score (nSPS) is 32.3. The summed E-state index contributed by atoms with van der Waals surface area (Å²) in [5, 5.41) is 20.4. The van der Waals surface area contributed by atoms with E-state index in [1.54, 1.807) is 24.3 Å². The first kappa shape index (κ1) is 28.3. The van der Waals surface area contributed by atoms with E-state index in [2.05, 4.69) is 36.7 Å². The van der Waals surface area contributed by atoms with Crippen LogP contribution in [0.5, 0.6) is 0 Å². The molecule has 0 aromatic heterocycles. The van der Waals surface area contributed by atoms with Crippen molar-refractivity contribution >= 4 is 40.7 Å². The van der Waals surface area contributed by atoms with E-state index in [1.165, 1.54) is 6.07 Å². The standard InChI is InChI=1S/C30H36Cl2FN3O3/c1-28(2,3)15-22-30(19-9-8-16(31)14-21(19)35-27(30)38)23(18-6-5-7-20(32)24(18)33)25(36-22)26(37)34-17-10-12-29(4,39)13-11-17/h5-9,14,17,22-23,25,36,39H,10-13,15H2,1-4H3,(H,34,37)(H,35,38)/t17?,22-,23?,25+,29?,30+/m0/s1.